The molecule has 1 aromatic heterocycles. The summed E-state index contributed by atoms with van der Waals surface area (Å²) in [5, 5.41) is 3.01. The zero-order valence-corrected chi connectivity index (χ0v) is 14.2. The van der Waals surface area contributed by atoms with Gasteiger partial charge in [-0.1, -0.05) is 25.1 Å². The Morgan fingerprint density at radius 2 is 1.95 bits per heavy atom. The van der Waals surface area contributed by atoms with E-state index in [0.717, 1.165) is 12.2 Å². The lowest BCUT2D eigenvalue weighted by Gasteiger charge is -2.17. The second kappa shape index (κ2) is 8.19. The van der Waals surface area contributed by atoms with E-state index in [9.17, 15) is 0 Å². The van der Waals surface area contributed by atoms with Gasteiger partial charge in [0.15, 0.2) is 5.82 Å². The molecule has 0 bridgehead atoms. The van der Waals surface area contributed by atoms with Gasteiger partial charge in [0.2, 0.25) is 11.9 Å². The molecule has 1 aromatic carbocycles. The van der Waals surface area contributed by atoms with E-state index in [4.69, 9.17) is 17.3 Å². The van der Waals surface area contributed by atoms with Crippen molar-refractivity contribution >= 4 is 35.3 Å². The number of hydrogen-bond donors (Lipinski definition) is 2. The number of halogens is 1. The fourth-order valence-electron chi connectivity index (χ4n) is 1.81. The van der Waals surface area contributed by atoms with Crippen LogP contribution in [0.5, 0.6) is 0 Å². The van der Waals surface area contributed by atoms with Crippen molar-refractivity contribution in [3.8, 4) is 0 Å². The molecule has 0 saturated heterocycles. The largest absolute Gasteiger partial charge is 0.368 e. The SMILES string of the molecule is CCC(CSc1ccccc1)Nc1nc(N)nc(C(C)Cl)n1. The number of anilines is 2. The maximum atomic E-state index is 6.02. The third-order valence-corrected chi connectivity index (χ3v) is 4.42. The summed E-state index contributed by atoms with van der Waals surface area (Å²) in [6.45, 7) is 3.93. The molecule has 0 aliphatic heterocycles. The number of nitrogens with zero attached hydrogens (tertiary/aromatic N) is 3. The predicted molar refractivity (Wildman–Crippen MR) is 93.4 cm³/mol. The molecule has 0 amide bonds. The molecule has 0 spiro atoms. The summed E-state index contributed by atoms with van der Waals surface area (Å²) < 4.78 is 0. The molecule has 0 saturated carbocycles. The van der Waals surface area contributed by atoms with Gasteiger partial charge in [-0.3, -0.25) is 0 Å². The first-order chi connectivity index (χ1) is 10.6. The summed E-state index contributed by atoms with van der Waals surface area (Å²) in [7, 11) is 0. The van der Waals surface area contributed by atoms with Gasteiger partial charge in [-0.2, -0.15) is 15.0 Å². The standard InChI is InChI=1S/C15H20ClN5S/c1-3-11(9-22-12-7-5-4-6-8-12)18-15-20-13(10(2)16)19-14(17)21-15/h4-8,10-11H,3,9H2,1-2H3,(H3,17,18,19,20,21). The van der Waals surface area contributed by atoms with E-state index in [1.54, 1.807) is 11.8 Å². The van der Waals surface area contributed by atoms with Crippen molar-refractivity contribution in [2.75, 3.05) is 16.8 Å². The van der Waals surface area contributed by atoms with Crippen molar-refractivity contribution in [3.05, 3.63) is 36.2 Å². The van der Waals surface area contributed by atoms with Crippen LogP contribution in [0.15, 0.2) is 35.2 Å². The van der Waals surface area contributed by atoms with E-state index in [0.29, 0.717) is 11.8 Å². The minimum atomic E-state index is -0.301. The van der Waals surface area contributed by atoms with Crippen LogP contribution < -0.4 is 11.1 Å². The Bertz CT molecular complexity index is 594. The third-order valence-electron chi connectivity index (χ3n) is 3.05. The smallest absolute Gasteiger partial charge is 0.228 e. The molecular formula is C15H20ClN5S. The minimum absolute atomic E-state index is 0.186. The van der Waals surface area contributed by atoms with Crippen molar-refractivity contribution in [3.63, 3.8) is 0 Å². The molecule has 2 aromatic rings. The van der Waals surface area contributed by atoms with Crippen LogP contribution in [0, 0.1) is 0 Å². The van der Waals surface area contributed by atoms with Gasteiger partial charge in [0, 0.05) is 16.7 Å². The van der Waals surface area contributed by atoms with Gasteiger partial charge in [0.25, 0.3) is 0 Å². The zero-order valence-electron chi connectivity index (χ0n) is 12.7. The van der Waals surface area contributed by atoms with E-state index in [1.165, 1.54) is 4.90 Å². The monoisotopic (exact) mass is 337 g/mol. The molecule has 5 nitrogen and oxygen atoms in total. The minimum Gasteiger partial charge on any atom is -0.368 e. The summed E-state index contributed by atoms with van der Waals surface area (Å²) in [6, 6.07) is 10.5. The van der Waals surface area contributed by atoms with E-state index < -0.39 is 0 Å². The molecule has 2 rings (SSSR count). The number of alkyl halides is 1. The fraction of sp³-hybridized carbons (Fsp3) is 0.400. The molecule has 2 unspecified atom stereocenters. The first-order valence-electron chi connectivity index (χ1n) is 7.18. The van der Waals surface area contributed by atoms with E-state index >= 15 is 0 Å². The third kappa shape index (κ3) is 5.03. The summed E-state index contributed by atoms with van der Waals surface area (Å²) in [5.41, 5.74) is 5.71. The highest BCUT2D eigenvalue weighted by Gasteiger charge is 2.13. The van der Waals surface area contributed by atoms with Crippen LogP contribution >= 0.6 is 23.4 Å². The maximum absolute atomic E-state index is 6.02. The Morgan fingerprint density at radius 3 is 2.59 bits per heavy atom. The average Bonchev–Trinajstić information content (AvgIpc) is 2.51. The Balaban J connectivity index is 2.00. The molecule has 0 radical (unpaired) electrons. The molecule has 0 aliphatic rings. The zero-order chi connectivity index (χ0) is 15.9. The lowest BCUT2D eigenvalue weighted by atomic mass is 10.3. The molecule has 3 N–H and O–H groups in total. The van der Waals surface area contributed by atoms with Crippen molar-refractivity contribution in [1.82, 2.24) is 15.0 Å². The highest BCUT2D eigenvalue weighted by molar-refractivity contribution is 7.99. The molecule has 22 heavy (non-hydrogen) atoms. The van der Waals surface area contributed by atoms with Crippen LogP contribution in [0.2, 0.25) is 0 Å². The molecule has 0 aliphatic carbocycles. The molecule has 7 heteroatoms. The first kappa shape index (κ1) is 16.8. The highest BCUT2D eigenvalue weighted by atomic mass is 35.5. The quantitative estimate of drug-likeness (QED) is 0.592. The van der Waals surface area contributed by atoms with Gasteiger partial charge >= 0.3 is 0 Å². The van der Waals surface area contributed by atoms with E-state index in [1.807, 2.05) is 25.1 Å². The first-order valence-corrected chi connectivity index (χ1v) is 8.60. The summed E-state index contributed by atoms with van der Waals surface area (Å²) >= 11 is 7.81. The maximum Gasteiger partial charge on any atom is 0.228 e. The molecule has 118 valence electrons. The Labute approximate surface area is 140 Å². The molecule has 0 fully saturated rings. The number of thioether (sulfide) groups is 1. The van der Waals surface area contributed by atoms with Crippen LogP contribution in [-0.4, -0.2) is 26.7 Å². The van der Waals surface area contributed by atoms with Crippen molar-refractivity contribution in [1.29, 1.82) is 0 Å². The topological polar surface area (TPSA) is 76.7 Å². The number of nitrogens with two attached hydrogens (primary N) is 1. The second-order valence-corrected chi connectivity index (χ2v) is 6.61. The fourth-order valence-corrected chi connectivity index (χ4v) is 2.97. The van der Waals surface area contributed by atoms with Crippen LogP contribution in [0.1, 0.15) is 31.5 Å². The van der Waals surface area contributed by atoms with Crippen molar-refractivity contribution in [2.24, 2.45) is 0 Å². The van der Waals surface area contributed by atoms with Gasteiger partial charge in [0.05, 0.1) is 5.38 Å². The summed E-state index contributed by atoms with van der Waals surface area (Å²) in [4.78, 5) is 13.7. The van der Waals surface area contributed by atoms with Gasteiger partial charge in [-0.05, 0) is 25.5 Å². The van der Waals surface area contributed by atoms with E-state index in [2.05, 4.69) is 39.3 Å². The van der Waals surface area contributed by atoms with Gasteiger partial charge in [-0.15, -0.1) is 23.4 Å². The number of hydrogen-bond acceptors (Lipinski definition) is 6. The van der Waals surface area contributed by atoms with Crippen LogP contribution in [0.4, 0.5) is 11.9 Å². The Kier molecular flexibility index (Phi) is 6.27. The number of nitrogen functional groups attached to an aromatic ring is 1. The average molecular weight is 338 g/mol. The Morgan fingerprint density at radius 1 is 1.23 bits per heavy atom. The van der Waals surface area contributed by atoms with Crippen molar-refractivity contribution in [2.45, 2.75) is 36.6 Å². The number of benzene rings is 1. The normalized spacial score (nSPS) is 13.6. The lowest BCUT2D eigenvalue weighted by Crippen LogP contribution is -2.23. The van der Waals surface area contributed by atoms with Gasteiger partial charge in [0.1, 0.15) is 0 Å². The number of rotatable bonds is 7. The highest BCUT2D eigenvalue weighted by Crippen LogP contribution is 2.21. The van der Waals surface area contributed by atoms with Gasteiger partial charge in [-0.25, -0.2) is 0 Å². The number of nitrogens with one attached hydrogen (secondary N) is 1. The summed E-state index contributed by atoms with van der Waals surface area (Å²) in [5.74, 6) is 2.07. The molecule has 1 heterocycles. The lowest BCUT2D eigenvalue weighted by molar-refractivity contribution is 0.754. The van der Waals surface area contributed by atoms with Crippen LogP contribution in [0.3, 0.4) is 0 Å². The van der Waals surface area contributed by atoms with Gasteiger partial charge < -0.3 is 11.1 Å². The summed E-state index contributed by atoms with van der Waals surface area (Å²) in [6.07, 6.45) is 0.956. The molecule has 2 atom stereocenters. The van der Waals surface area contributed by atoms with Crippen LogP contribution in [0.25, 0.3) is 0 Å². The molecular weight excluding hydrogens is 318 g/mol. The van der Waals surface area contributed by atoms with Crippen LogP contribution in [-0.2, 0) is 0 Å². The van der Waals surface area contributed by atoms with E-state index in [-0.39, 0.29) is 17.4 Å². The number of aromatic nitrogens is 3. The second-order valence-electron chi connectivity index (χ2n) is 4.86. The Hall–Kier alpha value is -1.53. The van der Waals surface area contributed by atoms with Crippen molar-refractivity contribution < 1.29 is 0 Å². The predicted octanol–water partition coefficient (Wildman–Crippen LogP) is 3.74.